The predicted octanol–water partition coefficient (Wildman–Crippen LogP) is 1.99. The Morgan fingerprint density at radius 2 is 2.15 bits per heavy atom. The van der Waals surface area contributed by atoms with Crippen molar-refractivity contribution in [1.82, 2.24) is 5.32 Å². The second kappa shape index (κ2) is 5.58. The molecule has 0 aliphatic carbocycles. The Bertz CT molecular complexity index is 539. The van der Waals surface area contributed by atoms with Crippen LogP contribution in [0.4, 0.5) is 10.1 Å². The number of nitrogens with one attached hydrogen (secondary N) is 2. The van der Waals surface area contributed by atoms with Gasteiger partial charge < -0.3 is 15.7 Å². The number of halogens is 1. The molecule has 1 aliphatic rings. The third kappa shape index (κ3) is 2.80. The summed E-state index contributed by atoms with van der Waals surface area (Å²) in [5.74, 6) is -2.44. The van der Waals surface area contributed by atoms with Crippen LogP contribution in [-0.2, 0) is 4.79 Å². The molecule has 0 saturated carbocycles. The number of hydrogen-bond donors (Lipinski definition) is 3. The minimum Gasteiger partial charge on any atom is -0.478 e. The maximum atomic E-state index is 13.8. The van der Waals surface area contributed by atoms with Crippen molar-refractivity contribution in [2.45, 2.75) is 31.7 Å². The molecule has 1 aliphatic heterocycles. The monoisotopic (exact) mass is 280 g/mol. The van der Waals surface area contributed by atoms with E-state index in [0.717, 1.165) is 18.9 Å². The molecule has 2 rings (SSSR count). The first kappa shape index (κ1) is 14.5. The fourth-order valence-electron chi connectivity index (χ4n) is 2.33. The van der Waals surface area contributed by atoms with Crippen LogP contribution in [0, 0.1) is 5.82 Å². The van der Waals surface area contributed by atoms with Crippen molar-refractivity contribution in [2.24, 2.45) is 0 Å². The summed E-state index contributed by atoms with van der Waals surface area (Å²) in [6.45, 7) is 2.45. The number of anilines is 1. The smallest absolute Gasteiger partial charge is 0.337 e. The van der Waals surface area contributed by atoms with E-state index < -0.39 is 23.2 Å². The van der Waals surface area contributed by atoms with Crippen molar-refractivity contribution in [3.05, 3.63) is 29.6 Å². The van der Waals surface area contributed by atoms with E-state index in [2.05, 4.69) is 10.6 Å². The Morgan fingerprint density at radius 1 is 1.40 bits per heavy atom. The molecule has 0 bridgehead atoms. The van der Waals surface area contributed by atoms with E-state index in [1.165, 1.54) is 12.1 Å². The van der Waals surface area contributed by atoms with E-state index in [1.807, 2.05) is 0 Å². The van der Waals surface area contributed by atoms with Crippen molar-refractivity contribution in [3.63, 3.8) is 0 Å². The highest BCUT2D eigenvalue weighted by atomic mass is 19.1. The molecule has 108 valence electrons. The first-order valence-electron chi connectivity index (χ1n) is 6.52. The number of carbonyl (C=O) groups is 2. The quantitative estimate of drug-likeness (QED) is 0.791. The summed E-state index contributed by atoms with van der Waals surface area (Å²) >= 11 is 0. The summed E-state index contributed by atoms with van der Waals surface area (Å²) in [6, 6.07) is 3.69. The van der Waals surface area contributed by atoms with Crippen LogP contribution in [0.3, 0.4) is 0 Å². The minimum absolute atomic E-state index is 0.252. The van der Waals surface area contributed by atoms with E-state index in [1.54, 1.807) is 6.92 Å². The lowest BCUT2D eigenvalue weighted by atomic mass is 9.90. The number of amides is 1. The maximum absolute atomic E-state index is 13.8. The second-order valence-corrected chi connectivity index (χ2v) is 5.14. The molecule has 1 heterocycles. The van der Waals surface area contributed by atoms with Gasteiger partial charge in [0.25, 0.3) is 0 Å². The van der Waals surface area contributed by atoms with Crippen LogP contribution in [0.1, 0.15) is 36.5 Å². The summed E-state index contributed by atoms with van der Waals surface area (Å²) in [5.41, 5.74) is -1.33. The van der Waals surface area contributed by atoms with E-state index in [9.17, 15) is 14.0 Å². The van der Waals surface area contributed by atoms with Gasteiger partial charge in [-0.2, -0.15) is 0 Å². The van der Waals surface area contributed by atoms with Gasteiger partial charge in [-0.15, -0.1) is 0 Å². The van der Waals surface area contributed by atoms with E-state index in [4.69, 9.17) is 5.11 Å². The van der Waals surface area contributed by atoms with Gasteiger partial charge in [-0.05, 0) is 44.9 Å². The fraction of sp³-hybridized carbons (Fsp3) is 0.429. The zero-order valence-electron chi connectivity index (χ0n) is 11.2. The SMILES string of the molecule is CC1(C(=O)Nc2c(F)cccc2C(=O)O)CCCCN1. The van der Waals surface area contributed by atoms with Crippen LogP contribution in [0.2, 0.25) is 0 Å². The fourth-order valence-corrected chi connectivity index (χ4v) is 2.33. The standard InChI is InChI=1S/C14H17FN2O3/c1-14(7-2-3-8-16-14)13(20)17-11-9(12(18)19)5-4-6-10(11)15/h4-6,16H,2-3,7-8H2,1H3,(H,17,20)(H,18,19). The van der Waals surface area contributed by atoms with E-state index in [-0.39, 0.29) is 11.3 Å². The lowest BCUT2D eigenvalue weighted by molar-refractivity contribution is -0.122. The van der Waals surface area contributed by atoms with Gasteiger partial charge in [0.1, 0.15) is 5.82 Å². The van der Waals surface area contributed by atoms with Gasteiger partial charge >= 0.3 is 5.97 Å². The van der Waals surface area contributed by atoms with Crippen molar-refractivity contribution in [2.75, 3.05) is 11.9 Å². The third-order valence-electron chi connectivity index (χ3n) is 3.60. The Morgan fingerprint density at radius 3 is 2.75 bits per heavy atom. The molecule has 0 radical (unpaired) electrons. The highest BCUT2D eigenvalue weighted by Gasteiger charge is 2.35. The summed E-state index contributed by atoms with van der Waals surface area (Å²) < 4.78 is 13.8. The maximum Gasteiger partial charge on any atom is 0.337 e. The number of carbonyl (C=O) groups excluding carboxylic acids is 1. The van der Waals surface area contributed by atoms with Crippen molar-refractivity contribution >= 4 is 17.6 Å². The first-order valence-corrected chi connectivity index (χ1v) is 6.52. The minimum atomic E-state index is -1.28. The zero-order valence-corrected chi connectivity index (χ0v) is 11.2. The molecule has 6 heteroatoms. The number of para-hydroxylation sites is 1. The van der Waals surface area contributed by atoms with Gasteiger partial charge in [0.2, 0.25) is 5.91 Å². The van der Waals surface area contributed by atoms with Gasteiger partial charge in [0.05, 0.1) is 16.8 Å². The van der Waals surface area contributed by atoms with Crippen LogP contribution in [-0.4, -0.2) is 29.1 Å². The van der Waals surface area contributed by atoms with E-state index >= 15 is 0 Å². The number of piperidine rings is 1. The van der Waals surface area contributed by atoms with Crippen molar-refractivity contribution in [1.29, 1.82) is 0 Å². The molecule has 1 aromatic carbocycles. The molecule has 5 nitrogen and oxygen atoms in total. The zero-order chi connectivity index (χ0) is 14.8. The average molecular weight is 280 g/mol. The molecule has 0 spiro atoms. The van der Waals surface area contributed by atoms with Crippen LogP contribution < -0.4 is 10.6 Å². The van der Waals surface area contributed by atoms with Gasteiger partial charge in [0.15, 0.2) is 0 Å². The second-order valence-electron chi connectivity index (χ2n) is 5.14. The molecule has 1 saturated heterocycles. The summed E-state index contributed by atoms with van der Waals surface area (Å²) in [4.78, 5) is 23.4. The molecule has 1 atom stereocenters. The Kier molecular flexibility index (Phi) is 4.04. The Hall–Kier alpha value is -1.95. The highest BCUT2D eigenvalue weighted by Crippen LogP contribution is 2.24. The summed E-state index contributed by atoms with van der Waals surface area (Å²) in [7, 11) is 0. The molecule has 0 aromatic heterocycles. The van der Waals surface area contributed by atoms with Gasteiger partial charge in [-0.25, -0.2) is 9.18 Å². The normalized spacial score (nSPS) is 22.3. The number of benzene rings is 1. The molecule has 1 amide bonds. The Labute approximate surface area is 116 Å². The topological polar surface area (TPSA) is 78.4 Å². The lowest BCUT2D eigenvalue weighted by Gasteiger charge is -2.33. The summed E-state index contributed by atoms with van der Waals surface area (Å²) in [6.07, 6.45) is 2.53. The van der Waals surface area contributed by atoms with Crippen LogP contribution in [0.15, 0.2) is 18.2 Å². The molecule has 1 unspecified atom stereocenters. The number of carboxylic acid groups (broad SMARTS) is 1. The predicted molar refractivity (Wildman–Crippen MR) is 72.2 cm³/mol. The number of rotatable bonds is 3. The van der Waals surface area contributed by atoms with Crippen LogP contribution in [0.25, 0.3) is 0 Å². The molecule has 1 fully saturated rings. The molecule has 20 heavy (non-hydrogen) atoms. The third-order valence-corrected chi connectivity index (χ3v) is 3.60. The average Bonchev–Trinajstić information content (AvgIpc) is 2.41. The Balaban J connectivity index is 2.25. The first-order chi connectivity index (χ1) is 9.44. The van der Waals surface area contributed by atoms with E-state index in [0.29, 0.717) is 13.0 Å². The highest BCUT2D eigenvalue weighted by molar-refractivity contribution is 6.03. The lowest BCUT2D eigenvalue weighted by Crippen LogP contribution is -2.54. The van der Waals surface area contributed by atoms with Gasteiger partial charge in [-0.1, -0.05) is 6.07 Å². The summed E-state index contributed by atoms with van der Waals surface area (Å²) in [5, 5.41) is 14.6. The largest absolute Gasteiger partial charge is 0.478 e. The molecule has 3 N–H and O–H groups in total. The number of hydrogen-bond acceptors (Lipinski definition) is 3. The van der Waals surface area contributed by atoms with Crippen molar-refractivity contribution in [3.8, 4) is 0 Å². The van der Waals surface area contributed by atoms with Gasteiger partial charge in [-0.3, -0.25) is 4.79 Å². The molecular formula is C14H17FN2O3. The van der Waals surface area contributed by atoms with Crippen molar-refractivity contribution < 1.29 is 19.1 Å². The van der Waals surface area contributed by atoms with Crippen LogP contribution >= 0.6 is 0 Å². The van der Waals surface area contributed by atoms with Gasteiger partial charge in [0, 0.05) is 0 Å². The molecular weight excluding hydrogens is 263 g/mol. The molecule has 1 aromatic rings. The number of aromatic carboxylic acids is 1. The van der Waals surface area contributed by atoms with Crippen LogP contribution in [0.5, 0.6) is 0 Å². The number of carboxylic acids is 1.